The van der Waals surface area contributed by atoms with Gasteiger partial charge in [-0.2, -0.15) is 8.42 Å². The van der Waals surface area contributed by atoms with Crippen LogP contribution in [-0.4, -0.2) is 18.4 Å². The van der Waals surface area contributed by atoms with Crippen LogP contribution in [0.4, 0.5) is 0 Å². The summed E-state index contributed by atoms with van der Waals surface area (Å²) >= 11 is 0. The second-order valence-corrected chi connectivity index (χ2v) is 3.21. The molecule has 0 spiro atoms. The van der Waals surface area contributed by atoms with E-state index in [4.69, 9.17) is 4.55 Å². The Morgan fingerprint density at radius 2 is 1.55 bits per heavy atom. The van der Waals surface area contributed by atoms with Crippen molar-refractivity contribution in [3.8, 4) is 0 Å². The smallest absolute Gasteiger partial charge is 0.294 e. The van der Waals surface area contributed by atoms with Gasteiger partial charge in [0.15, 0.2) is 0 Å². The summed E-state index contributed by atoms with van der Waals surface area (Å²) in [5.74, 6) is 0. The van der Waals surface area contributed by atoms with Crippen LogP contribution in [0.25, 0.3) is 0 Å². The molecule has 0 bridgehead atoms. The van der Waals surface area contributed by atoms with E-state index in [9.17, 15) is 8.42 Å². The normalized spacial score (nSPS) is 10.3. The second-order valence-electron chi connectivity index (χ2n) is 1.79. The minimum Gasteiger partial charge on any atom is -0.412 e. The molecule has 0 unspecified atom stereocenters. The van der Waals surface area contributed by atoms with E-state index < -0.39 is 10.1 Å². The second kappa shape index (κ2) is 3.47. The summed E-state index contributed by atoms with van der Waals surface area (Å²) in [5.41, 5.74) is 0. The minimum absolute atomic E-state index is 0. The molecule has 0 heterocycles. The molecule has 0 saturated heterocycles. The maximum Gasteiger partial charge on any atom is 0.294 e. The van der Waals surface area contributed by atoms with Gasteiger partial charge in [0.2, 0.25) is 0 Å². The third-order valence-corrected chi connectivity index (χ3v) is 1.91. The standard InChI is InChI=1S/C6H6O3S.H2O/c7-10(8,9)6-4-2-1-3-5-6;/h1-5H,(H,7,8,9);1H2. The highest BCUT2D eigenvalue weighted by Crippen LogP contribution is 2.05. The lowest BCUT2D eigenvalue weighted by Gasteiger charge is -1.92. The van der Waals surface area contributed by atoms with Gasteiger partial charge < -0.3 is 5.48 Å². The summed E-state index contributed by atoms with van der Waals surface area (Å²) in [7, 11) is -4.00. The Labute approximate surface area is 64.5 Å². The molecule has 1 aromatic carbocycles. The summed E-state index contributed by atoms with van der Waals surface area (Å²) in [5, 5.41) is 0. The molecule has 0 aliphatic heterocycles. The van der Waals surface area contributed by atoms with Gasteiger partial charge in [-0.3, -0.25) is 4.55 Å². The van der Waals surface area contributed by atoms with Gasteiger partial charge in [0.05, 0.1) is 4.90 Å². The Kier molecular flexibility index (Phi) is 3.18. The van der Waals surface area contributed by atoms with Gasteiger partial charge in [-0.05, 0) is 12.1 Å². The molecule has 0 aliphatic carbocycles. The molecular formula is C6H8O4S. The molecule has 0 atom stereocenters. The van der Waals surface area contributed by atoms with Crippen LogP contribution in [0, 0.1) is 0 Å². The number of hydrogen-bond donors (Lipinski definition) is 1. The van der Waals surface area contributed by atoms with E-state index in [1.54, 1.807) is 18.2 Å². The van der Waals surface area contributed by atoms with Crippen LogP contribution in [0.3, 0.4) is 0 Å². The predicted molar refractivity (Wildman–Crippen MR) is 39.9 cm³/mol. The third kappa shape index (κ3) is 2.67. The van der Waals surface area contributed by atoms with Crippen molar-refractivity contribution in [2.45, 2.75) is 4.90 Å². The van der Waals surface area contributed by atoms with Gasteiger partial charge in [0.25, 0.3) is 10.1 Å². The first kappa shape index (κ1) is 10.1. The fourth-order valence-electron chi connectivity index (χ4n) is 0.592. The first-order chi connectivity index (χ1) is 4.61. The molecule has 5 heteroatoms. The largest absolute Gasteiger partial charge is 0.412 e. The lowest BCUT2D eigenvalue weighted by atomic mass is 10.4. The van der Waals surface area contributed by atoms with Gasteiger partial charge in [0, 0.05) is 0 Å². The van der Waals surface area contributed by atoms with Crippen LogP contribution in [0.5, 0.6) is 0 Å². The summed E-state index contributed by atoms with van der Waals surface area (Å²) < 4.78 is 29.2. The molecular weight excluding hydrogens is 168 g/mol. The Bertz CT molecular complexity index is 303. The summed E-state index contributed by atoms with van der Waals surface area (Å²) in [6.07, 6.45) is 0. The predicted octanol–water partition coefficient (Wildman–Crippen LogP) is 0.109. The van der Waals surface area contributed by atoms with Gasteiger partial charge >= 0.3 is 0 Å². The van der Waals surface area contributed by atoms with Crippen molar-refractivity contribution in [3.63, 3.8) is 0 Å². The lowest BCUT2D eigenvalue weighted by molar-refractivity contribution is 0.483. The summed E-state index contributed by atoms with van der Waals surface area (Å²) in [6, 6.07) is 7.42. The molecule has 0 radical (unpaired) electrons. The van der Waals surface area contributed by atoms with Crippen molar-refractivity contribution >= 4 is 10.1 Å². The number of benzene rings is 1. The topological polar surface area (TPSA) is 85.9 Å². The van der Waals surface area contributed by atoms with E-state index in [0.717, 1.165) is 0 Å². The molecule has 11 heavy (non-hydrogen) atoms. The SMILES string of the molecule is O.O=S(=O)(O)c1ccccc1. The van der Waals surface area contributed by atoms with Gasteiger partial charge in [-0.15, -0.1) is 0 Å². The van der Waals surface area contributed by atoms with E-state index in [0.29, 0.717) is 0 Å². The molecule has 4 nitrogen and oxygen atoms in total. The molecule has 0 aliphatic rings. The Balaban J connectivity index is 0.000001000. The average molecular weight is 176 g/mol. The quantitative estimate of drug-likeness (QED) is 0.616. The van der Waals surface area contributed by atoms with Crippen molar-refractivity contribution in [2.75, 3.05) is 0 Å². The van der Waals surface area contributed by atoms with Crippen LogP contribution in [0.1, 0.15) is 0 Å². The van der Waals surface area contributed by atoms with Gasteiger partial charge in [-0.25, -0.2) is 0 Å². The van der Waals surface area contributed by atoms with E-state index in [-0.39, 0.29) is 10.4 Å². The first-order valence-electron chi connectivity index (χ1n) is 2.63. The van der Waals surface area contributed by atoms with E-state index in [1.165, 1.54) is 12.1 Å². The van der Waals surface area contributed by atoms with E-state index >= 15 is 0 Å². The molecule has 62 valence electrons. The highest BCUT2D eigenvalue weighted by Gasteiger charge is 2.05. The van der Waals surface area contributed by atoms with Gasteiger partial charge in [0.1, 0.15) is 0 Å². The summed E-state index contributed by atoms with van der Waals surface area (Å²) in [4.78, 5) is -0.0741. The summed E-state index contributed by atoms with van der Waals surface area (Å²) in [6.45, 7) is 0. The monoisotopic (exact) mass is 176 g/mol. The zero-order valence-electron chi connectivity index (χ0n) is 5.56. The fraction of sp³-hybridized carbons (Fsp3) is 0. The maximum absolute atomic E-state index is 10.4. The zero-order valence-corrected chi connectivity index (χ0v) is 6.38. The molecule has 1 rings (SSSR count). The third-order valence-electron chi connectivity index (χ3n) is 1.04. The van der Waals surface area contributed by atoms with E-state index in [1.807, 2.05) is 0 Å². The number of hydrogen-bond acceptors (Lipinski definition) is 2. The Hall–Kier alpha value is -0.910. The molecule has 0 fully saturated rings. The van der Waals surface area contributed by atoms with Crippen LogP contribution in [-0.2, 0) is 10.1 Å². The fourth-order valence-corrected chi connectivity index (χ4v) is 1.09. The van der Waals surface area contributed by atoms with Crippen LogP contribution in [0.15, 0.2) is 35.2 Å². The highest BCUT2D eigenvalue weighted by atomic mass is 32.2. The van der Waals surface area contributed by atoms with Crippen LogP contribution >= 0.6 is 0 Å². The minimum atomic E-state index is -4.00. The van der Waals surface area contributed by atoms with E-state index in [2.05, 4.69) is 0 Å². The van der Waals surface area contributed by atoms with Crippen molar-refractivity contribution in [1.29, 1.82) is 0 Å². The first-order valence-corrected chi connectivity index (χ1v) is 4.07. The van der Waals surface area contributed by atoms with Crippen molar-refractivity contribution in [2.24, 2.45) is 0 Å². The zero-order chi connectivity index (χ0) is 7.61. The molecule has 1 aromatic rings. The van der Waals surface area contributed by atoms with Gasteiger partial charge in [-0.1, -0.05) is 18.2 Å². The number of rotatable bonds is 1. The Morgan fingerprint density at radius 3 is 1.82 bits per heavy atom. The van der Waals surface area contributed by atoms with Crippen molar-refractivity contribution in [1.82, 2.24) is 0 Å². The maximum atomic E-state index is 10.4. The van der Waals surface area contributed by atoms with Crippen LogP contribution in [0.2, 0.25) is 0 Å². The van der Waals surface area contributed by atoms with Crippen molar-refractivity contribution in [3.05, 3.63) is 30.3 Å². The van der Waals surface area contributed by atoms with Crippen molar-refractivity contribution < 1.29 is 18.4 Å². The molecule has 3 N–H and O–H groups in total. The average Bonchev–Trinajstić information content (AvgIpc) is 1.88. The highest BCUT2D eigenvalue weighted by molar-refractivity contribution is 7.85. The van der Waals surface area contributed by atoms with Crippen LogP contribution < -0.4 is 0 Å². The Morgan fingerprint density at radius 1 is 1.09 bits per heavy atom. The molecule has 0 amide bonds. The lowest BCUT2D eigenvalue weighted by Crippen LogP contribution is -1.96. The molecule has 0 saturated carbocycles. The molecule has 0 aromatic heterocycles.